The van der Waals surface area contributed by atoms with Crippen molar-refractivity contribution in [3.05, 3.63) is 35.4 Å². The lowest BCUT2D eigenvalue weighted by atomic mass is 10.0. The predicted octanol–water partition coefficient (Wildman–Crippen LogP) is 3.64. The number of rotatable bonds is 6. The van der Waals surface area contributed by atoms with E-state index in [0.717, 1.165) is 30.0 Å². The first-order chi connectivity index (χ1) is 7.63. The molecule has 1 aromatic carbocycles. The first-order valence-corrected chi connectivity index (χ1v) is 6.27. The molecule has 0 heterocycles. The van der Waals surface area contributed by atoms with E-state index in [0.29, 0.717) is 6.42 Å². The summed E-state index contributed by atoms with van der Waals surface area (Å²) in [4.78, 5) is 11.3. The molecule has 0 aliphatic carbocycles. The molecule has 16 heavy (non-hydrogen) atoms. The van der Waals surface area contributed by atoms with Gasteiger partial charge in [0, 0.05) is 18.2 Å². The van der Waals surface area contributed by atoms with Crippen LogP contribution < -0.4 is 0 Å². The van der Waals surface area contributed by atoms with Crippen molar-refractivity contribution in [1.82, 2.24) is 0 Å². The lowest BCUT2D eigenvalue weighted by molar-refractivity contribution is -0.119. The Morgan fingerprint density at radius 3 is 2.69 bits per heavy atom. The van der Waals surface area contributed by atoms with Gasteiger partial charge in [-0.05, 0) is 36.6 Å². The minimum absolute atomic E-state index is 0.0862. The maximum absolute atomic E-state index is 13.2. The third-order valence-electron chi connectivity index (χ3n) is 2.27. The van der Waals surface area contributed by atoms with Crippen LogP contribution in [0.3, 0.4) is 0 Å². The molecule has 4 heteroatoms. The van der Waals surface area contributed by atoms with Gasteiger partial charge in [-0.1, -0.05) is 15.9 Å². The minimum Gasteiger partial charge on any atom is -0.300 e. The molecule has 0 spiro atoms. The molecule has 88 valence electrons. The van der Waals surface area contributed by atoms with Crippen LogP contribution >= 0.6 is 15.9 Å². The van der Waals surface area contributed by atoms with Gasteiger partial charge in [-0.15, -0.1) is 0 Å². The van der Waals surface area contributed by atoms with E-state index in [4.69, 9.17) is 0 Å². The number of alkyl halides is 1. The van der Waals surface area contributed by atoms with Gasteiger partial charge in [-0.25, -0.2) is 8.78 Å². The Balaban J connectivity index is 2.47. The molecule has 0 unspecified atom stereocenters. The Morgan fingerprint density at radius 1 is 1.25 bits per heavy atom. The molecule has 0 amide bonds. The maximum atomic E-state index is 13.2. The monoisotopic (exact) mass is 290 g/mol. The number of carbonyl (C=O) groups is 1. The van der Waals surface area contributed by atoms with E-state index in [2.05, 4.69) is 15.9 Å². The molecule has 0 aromatic heterocycles. The van der Waals surface area contributed by atoms with Gasteiger partial charge < -0.3 is 0 Å². The molecule has 1 rings (SSSR count). The summed E-state index contributed by atoms with van der Waals surface area (Å²) in [6.07, 6.45) is 1.81. The Kier molecular flexibility index (Phi) is 5.60. The van der Waals surface area contributed by atoms with Crippen molar-refractivity contribution in [3.63, 3.8) is 0 Å². The molecule has 0 atom stereocenters. The number of ketones is 1. The Bertz CT molecular complexity index is 366. The van der Waals surface area contributed by atoms with Crippen LogP contribution in [-0.4, -0.2) is 11.1 Å². The van der Waals surface area contributed by atoms with Gasteiger partial charge in [0.1, 0.15) is 17.4 Å². The van der Waals surface area contributed by atoms with Gasteiger partial charge in [0.25, 0.3) is 0 Å². The van der Waals surface area contributed by atoms with Crippen LogP contribution in [0.4, 0.5) is 8.78 Å². The second kappa shape index (κ2) is 6.74. The first kappa shape index (κ1) is 13.3. The minimum atomic E-state index is -0.468. The molecule has 0 N–H and O–H groups in total. The van der Waals surface area contributed by atoms with E-state index >= 15 is 0 Å². The highest BCUT2D eigenvalue weighted by Gasteiger charge is 2.07. The molecular weight excluding hydrogens is 278 g/mol. The fourth-order valence-corrected chi connectivity index (χ4v) is 1.68. The van der Waals surface area contributed by atoms with E-state index in [1.807, 2.05) is 0 Å². The highest BCUT2D eigenvalue weighted by molar-refractivity contribution is 9.09. The second-order valence-electron chi connectivity index (χ2n) is 3.57. The van der Waals surface area contributed by atoms with Crippen LogP contribution in [0.25, 0.3) is 0 Å². The SMILES string of the molecule is O=C(CCCBr)CCc1cc(F)ccc1F. The lowest BCUT2D eigenvalue weighted by Crippen LogP contribution is -2.02. The Labute approximate surface area is 102 Å². The predicted molar refractivity (Wildman–Crippen MR) is 62.7 cm³/mol. The molecule has 1 aromatic rings. The van der Waals surface area contributed by atoms with Crippen LogP contribution in [0.1, 0.15) is 24.8 Å². The zero-order chi connectivity index (χ0) is 12.0. The van der Waals surface area contributed by atoms with Crippen molar-refractivity contribution < 1.29 is 13.6 Å². The number of aryl methyl sites for hydroxylation is 1. The van der Waals surface area contributed by atoms with Gasteiger partial charge in [0.2, 0.25) is 0 Å². The van der Waals surface area contributed by atoms with Crippen molar-refractivity contribution in [2.45, 2.75) is 25.7 Å². The summed E-state index contributed by atoms with van der Waals surface area (Å²) in [6, 6.07) is 3.31. The van der Waals surface area contributed by atoms with Gasteiger partial charge in [0.15, 0.2) is 0 Å². The van der Waals surface area contributed by atoms with E-state index < -0.39 is 11.6 Å². The normalized spacial score (nSPS) is 10.4. The standard InChI is InChI=1S/C12H13BrF2O/c13-7-1-2-11(16)5-3-9-8-10(14)4-6-12(9)15/h4,6,8H,1-3,5,7H2. The number of hydrogen-bond donors (Lipinski definition) is 0. The molecular formula is C12H13BrF2O. The maximum Gasteiger partial charge on any atom is 0.133 e. The molecule has 0 aliphatic rings. The molecule has 0 fully saturated rings. The summed E-state index contributed by atoms with van der Waals surface area (Å²) in [6.45, 7) is 0. The van der Waals surface area contributed by atoms with E-state index in [-0.39, 0.29) is 24.2 Å². The van der Waals surface area contributed by atoms with Gasteiger partial charge in [0.05, 0.1) is 0 Å². The summed E-state index contributed by atoms with van der Waals surface area (Å²) in [5.74, 6) is -0.831. The smallest absolute Gasteiger partial charge is 0.133 e. The first-order valence-electron chi connectivity index (χ1n) is 5.15. The third-order valence-corrected chi connectivity index (χ3v) is 2.83. The summed E-state index contributed by atoms with van der Waals surface area (Å²) in [7, 11) is 0. The van der Waals surface area contributed by atoms with E-state index in [9.17, 15) is 13.6 Å². The fourth-order valence-electron chi connectivity index (χ4n) is 1.40. The summed E-state index contributed by atoms with van der Waals surface area (Å²) in [5, 5.41) is 0.785. The summed E-state index contributed by atoms with van der Waals surface area (Å²) >= 11 is 3.23. The molecule has 1 nitrogen and oxygen atoms in total. The number of hydrogen-bond acceptors (Lipinski definition) is 1. The Hall–Kier alpha value is -0.770. The zero-order valence-electron chi connectivity index (χ0n) is 8.81. The second-order valence-corrected chi connectivity index (χ2v) is 4.36. The molecule has 0 saturated carbocycles. The average molecular weight is 291 g/mol. The third kappa shape index (κ3) is 4.39. The summed E-state index contributed by atoms with van der Waals surface area (Å²) < 4.78 is 26.0. The number of Topliss-reactive ketones (excluding diaryl/α,β-unsaturated/α-hetero) is 1. The van der Waals surface area contributed by atoms with Crippen molar-refractivity contribution in [2.24, 2.45) is 0 Å². The van der Waals surface area contributed by atoms with E-state index in [1.165, 1.54) is 0 Å². The summed E-state index contributed by atoms with van der Waals surface area (Å²) in [5.41, 5.74) is 0.271. The van der Waals surface area contributed by atoms with Crippen LogP contribution in [0.15, 0.2) is 18.2 Å². The quantitative estimate of drug-likeness (QED) is 0.731. The van der Waals surface area contributed by atoms with Gasteiger partial charge in [-0.2, -0.15) is 0 Å². The van der Waals surface area contributed by atoms with Gasteiger partial charge in [-0.3, -0.25) is 4.79 Å². The highest BCUT2D eigenvalue weighted by atomic mass is 79.9. The van der Waals surface area contributed by atoms with Crippen LogP contribution in [0, 0.1) is 11.6 Å². The highest BCUT2D eigenvalue weighted by Crippen LogP contribution is 2.12. The van der Waals surface area contributed by atoms with Crippen LogP contribution in [0.5, 0.6) is 0 Å². The number of halogens is 3. The number of carbonyl (C=O) groups excluding carboxylic acids is 1. The van der Waals surface area contributed by atoms with Crippen molar-refractivity contribution in [3.8, 4) is 0 Å². The number of benzene rings is 1. The fraction of sp³-hybridized carbons (Fsp3) is 0.417. The zero-order valence-corrected chi connectivity index (χ0v) is 10.4. The van der Waals surface area contributed by atoms with Crippen molar-refractivity contribution in [2.75, 3.05) is 5.33 Å². The van der Waals surface area contributed by atoms with Crippen LogP contribution in [0.2, 0.25) is 0 Å². The lowest BCUT2D eigenvalue weighted by Gasteiger charge is -2.02. The molecule has 0 saturated heterocycles. The van der Waals surface area contributed by atoms with Crippen molar-refractivity contribution >= 4 is 21.7 Å². The molecule has 0 radical (unpaired) electrons. The van der Waals surface area contributed by atoms with Gasteiger partial charge >= 0.3 is 0 Å². The van der Waals surface area contributed by atoms with Crippen molar-refractivity contribution in [1.29, 1.82) is 0 Å². The topological polar surface area (TPSA) is 17.1 Å². The average Bonchev–Trinajstić information content (AvgIpc) is 2.27. The van der Waals surface area contributed by atoms with E-state index in [1.54, 1.807) is 0 Å². The van der Waals surface area contributed by atoms with Crippen LogP contribution in [-0.2, 0) is 11.2 Å². The Morgan fingerprint density at radius 2 is 2.00 bits per heavy atom. The molecule has 0 aliphatic heterocycles. The molecule has 0 bridgehead atoms. The largest absolute Gasteiger partial charge is 0.300 e.